The Morgan fingerprint density at radius 1 is 1.31 bits per heavy atom. The van der Waals surface area contributed by atoms with E-state index >= 15 is 0 Å². The van der Waals surface area contributed by atoms with Gasteiger partial charge in [0.05, 0.1) is 40.3 Å². The fourth-order valence-corrected chi connectivity index (χ4v) is 4.35. The van der Waals surface area contributed by atoms with Gasteiger partial charge >= 0.3 is 5.97 Å². The van der Waals surface area contributed by atoms with E-state index in [0.717, 1.165) is 12.1 Å². The normalized spacial score (nSPS) is 18.5. The summed E-state index contributed by atoms with van der Waals surface area (Å²) in [5.41, 5.74) is 0.627. The maximum absolute atomic E-state index is 14.9. The number of benzene rings is 2. The van der Waals surface area contributed by atoms with Gasteiger partial charge in [-0.05, 0) is 47.1 Å². The zero-order valence-corrected chi connectivity index (χ0v) is 17.7. The predicted molar refractivity (Wildman–Crippen MR) is 108 cm³/mol. The van der Waals surface area contributed by atoms with E-state index in [-0.39, 0.29) is 32.6 Å². The Labute approximate surface area is 174 Å². The number of carboxylic acid groups (broad SMARTS) is 1. The first kappa shape index (κ1) is 20.0. The van der Waals surface area contributed by atoms with E-state index in [1.54, 1.807) is 6.07 Å². The lowest BCUT2D eigenvalue weighted by atomic mass is 9.87. The summed E-state index contributed by atoms with van der Waals surface area (Å²) in [6.45, 7) is 6.88. The molecule has 4 rings (SSSR count). The number of fused-ring (bicyclic) bond motifs is 1. The Hall–Kier alpha value is -2.32. The van der Waals surface area contributed by atoms with Crippen molar-refractivity contribution >= 4 is 32.9 Å². The van der Waals surface area contributed by atoms with Crippen LogP contribution in [0, 0.1) is 24.0 Å². The minimum Gasteiger partial charge on any atom is -0.478 e. The standard InChI is InChI=1S/C21H19BrF2N2O3/c1-10-25-16-5-4-11(20(27)28)18(12-6-15(24)13(22)7-14(12)23)19(16)26(10)17-8-29-9-21(17,2)3/h4-7,17H,8-9H2,1-3H3,(H,27,28). The number of hydrogen-bond acceptors (Lipinski definition) is 3. The molecule has 0 spiro atoms. The molecule has 2 aromatic carbocycles. The third-order valence-corrected chi connectivity index (χ3v) is 6.11. The molecule has 1 unspecified atom stereocenters. The Bertz CT molecular complexity index is 1160. The van der Waals surface area contributed by atoms with Crippen molar-refractivity contribution in [1.82, 2.24) is 9.55 Å². The topological polar surface area (TPSA) is 64.3 Å². The molecule has 3 aromatic rings. The van der Waals surface area contributed by atoms with Gasteiger partial charge in [-0.15, -0.1) is 0 Å². The summed E-state index contributed by atoms with van der Waals surface area (Å²) in [4.78, 5) is 16.6. The minimum atomic E-state index is -1.23. The number of carboxylic acids is 1. The van der Waals surface area contributed by atoms with Crippen LogP contribution in [0.3, 0.4) is 0 Å². The van der Waals surface area contributed by atoms with Gasteiger partial charge in [-0.2, -0.15) is 0 Å². The number of aromatic carboxylic acids is 1. The molecule has 1 N–H and O–H groups in total. The van der Waals surface area contributed by atoms with Crippen molar-refractivity contribution < 1.29 is 23.4 Å². The van der Waals surface area contributed by atoms with Crippen molar-refractivity contribution in [3.63, 3.8) is 0 Å². The molecule has 5 nitrogen and oxygen atoms in total. The summed E-state index contributed by atoms with van der Waals surface area (Å²) in [5, 5.41) is 9.79. The summed E-state index contributed by atoms with van der Waals surface area (Å²) >= 11 is 2.97. The Balaban J connectivity index is 2.14. The molecule has 1 atom stereocenters. The third kappa shape index (κ3) is 3.14. The van der Waals surface area contributed by atoms with Crippen molar-refractivity contribution in [1.29, 1.82) is 0 Å². The molecule has 0 aliphatic carbocycles. The number of aromatic nitrogens is 2. The average molecular weight is 465 g/mol. The van der Waals surface area contributed by atoms with Gasteiger partial charge in [0.25, 0.3) is 0 Å². The second kappa shape index (κ2) is 6.88. The van der Waals surface area contributed by atoms with Crippen LogP contribution in [0.5, 0.6) is 0 Å². The molecule has 152 valence electrons. The maximum Gasteiger partial charge on any atom is 0.336 e. The average Bonchev–Trinajstić information content (AvgIpc) is 3.14. The van der Waals surface area contributed by atoms with Crippen LogP contribution in [0.15, 0.2) is 28.7 Å². The molecule has 1 saturated heterocycles. The summed E-state index contributed by atoms with van der Waals surface area (Å²) in [5.74, 6) is -1.97. The van der Waals surface area contributed by atoms with Crippen molar-refractivity contribution in [3.8, 4) is 11.1 Å². The number of hydrogen-bond donors (Lipinski definition) is 1. The van der Waals surface area contributed by atoms with E-state index in [1.807, 2.05) is 11.5 Å². The van der Waals surface area contributed by atoms with E-state index in [9.17, 15) is 18.7 Å². The highest BCUT2D eigenvalue weighted by Crippen LogP contribution is 2.43. The lowest BCUT2D eigenvalue weighted by molar-refractivity contribution is 0.0698. The first-order valence-electron chi connectivity index (χ1n) is 9.09. The molecule has 0 bridgehead atoms. The van der Waals surface area contributed by atoms with Crippen LogP contribution in [0.4, 0.5) is 8.78 Å². The number of ether oxygens (including phenoxy) is 1. The quantitative estimate of drug-likeness (QED) is 0.530. The smallest absolute Gasteiger partial charge is 0.336 e. The van der Waals surface area contributed by atoms with Gasteiger partial charge in [0.15, 0.2) is 0 Å². The number of aryl methyl sites for hydroxylation is 1. The Kier molecular flexibility index (Phi) is 4.74. The van der Waals surface area contributed by atoms with E-state index < -0.39 is 17.6 Å². The van der Waals surface area contributed by atoms with E-state index in [1.165, 1.54) is 6.07 Å². The highest BCUT2D eigenvalue weighted by atomic mass is 79.9. The molecule has 29 heavy (non-hydrogen) atoms. The van der Waals surface area contributed by atoms with Crippen molar-refractivity contribution in [3.05, 3.63) is 51.8 Å². The molecule has 1 aromatic heterocycles. The summed E-state index contributed by atoms with van der Waals surface area (Å²) in [6.07, 6.45) is 0. The van der Waals surface area contributed by atoms with Crippen LogP contribution in [-0.4, -0.2) is 33.8 Å². The fraction of sp³-hybridized carbons (Fsp3) is 0.333. The maximum atomic E-state index is 14.9. The van der Waals surface area contributed by atoms with Gasteiger partial charge < -0.3 is 14.4 Å². The molecule has 0 saturated carbocycles. The first-order chi connectivity index (χ1) is 13.6. The molecular weight excluding hydrogens is 446 g/mol. The van der Waals surface area contributed by atoms with Gasteiger partial charge in [-0.25, -0.2) is 18.6 Å². The van der Waals surface area contributed by atoms with Crippen LogP contribution in [0.25, 0.3) is 22.2 Å². The summed E-state index contributed by atoms with van der Waals surface area (Å²) in [6, 6.07) is 4.88. The van der Waals surface area contributed by atoms with Crippen molar-refractivity contribution in [2.75, 3.05) is 13.2 Å². The molecule has 0 amide bonds. The van der Waals surface area contributed by atoms with Gasteiger partial charge in [0.2, 0.25) is 0 Å². The number of rotatable bonds is 3. The van der Waals surface area contributed by atoms with Gasteiger partial charge in [-0.3, -0.25) is 0 Å². The fourth-order valence-electron chi connectivity index (χ4n) is 4.03. The lowest BCUT2D eigenvalue weighted by Crippen LogP contribution is -2.26. The SMILES string of the molecule is Cc1nc2ccc(C(=O)O)c(-c3cc(F)c(Br)cc3F)c2n1C1COCC1(C)C. The molecule has 1 aliphatic rings. The molecular formula is C21H19BrF2N2O3. The van der Waals surface area contributed by atoms with Crippen LogP contribution in [0.1, 0.15) is 36.1 Å². The van der Waals surface area contributed by atoms with Crippen molar-refractivity contribution in [2.24, 2.45) is 5.41 Å². The number of imidazole rings is 1. The number of carbonyl (C=O) groups is 1. The van der Waals surface area contributed by atoms with Gasteiger partial charge in [-0.1, -0.05) is 13.8 Å². The van der Waals surface area contributed by atoms with Crippen LogP contribution in [0.2, 0.25) is 0 Å². The van der Waals surface area contributed by atoms with Gasteiger partial charge in [0, 0.05) is 16.5 Å². The predicted octanol–water partition coefficient (Wildman–Crippen LogP) is 5.35. The molecule has 1 fully saturated rings. The van der Waals surface area contributed by atoms with Crippen LogP contribution in [-0.2, 0) is 4.74 Å². The van der Waals surface area contributed by atoms with Crippen LogP contribution < -0.4 is 0 Å². The summed E-state index contributed by atoms with van der Waals surface area (Å²) in [7, 11) is 0. The monoisotopic (exact) mass is 464 g/mol. The molecule has 8 heteroatoms. The minimum absolute atomic E-state index is 0.0298. The van der Waals surface area contributed by atoms with Gasteiger partial charge in [0.1, 0.15) is 17.5 Å². The lowest BCUT2D eigenvalue weighted by Gasteiger charge is -2.28. The molecule has 1 aliphatic heterocycles. The highest BCUT2D eigenvalue weighted by molar-refractivity contribution is 9.10. The zero-order chi connectivity index (χ0) is 21.1. The largest absolute Gasteiger partial charge is 0.478 e. The third-order valence-electron chi connectivity index (χ3n) is 5.50. The van der Waals surface area contributed by atoms with Crippen LogP contribution >= 0.6 is 15.9 Å². The Morgan fingerprint density at radius 3 is 2.66 bits per heavy atom. The van der Waals surface area contributed by atoms with E-state index in [0.29, 0.717) is 30.1 Å². The van der Waals surface area contributed by atoms with E-state index in [4.69, 9.17) is 4.74 Å². The van der Waals surface area contributed by atoms with E-state index in [2.05, 4.69) is 34.8 Å². The second-order valence-corrected chi connectivity index (χ2v) is 8.81. The second-order valence-electron chi connectivity index (χ2n) is 7.96. The number of halogens is 3. The molecule has 0 radical (unpaired) electrons. The Morgan fingerprint density at radius 2 is 2.03 bits per heavy atom. The first-order valence-corrected chi connectivity index (χ1v) is 9.88. The molecule has 2 heterocycles. The highest BCUT2D eigenvalue weighted by Gasteiger charge is 2.39. The zero-order valence-electron chi connectivity index (χ0n) is 16.1. The van der Waals surface area contributed by atoms with Crippen molar-refractivity contribution in [2.45, 2.75) is 26.8 Å². The summed E-state index contributed by atoms with van der Waals surface area (Å²) < 4.78 is 36.8. The number of nitrogens with zero attached hydrogens (tertiary/aromatic N) is 2.